The number of hydrogen-bond acceptors (Lipinski definition) is 6. The van der Waals surface area contributed by atoms with Crippen LogP contribution in [0.1, 0.15) is 84.0 Å². The lowest BCUT2D eigenvalue weighted by Crippen LogP contribution is -2.18. The van der Waals surface area contributed by atoms with Gasteiger partial charge in [-0.05, 0) is 25.7 Å². The fourth-order valence-electron chi connectivity index (χ4n) is 2.95. The Morgan fingerprint density at radius 2 is 1.45 bits per heavy atom. The van der Waals surface area contributed by atoms with Crippen molar-refractivity contribution in [2.45, 2.75) is 89.4 Å². The number of Topliss-reactive ketones (excluding diaryl/α,β-unsaturated/α-hetero) is 1. The first kappa shape index (κ1) is 28.3. The van der Waals surface area contributed by atoms with E-state index in [1.807, 2.05) is 0 Å². The number of allylic oxidation sites excluding steroid dienone is 2. The molecule has 0 fully saturated rings. The Bertz CT molecular complexity index is 541. The van der Waals surface area contributed by atoms with E-state index >= 15 is 0 Å². The molecule has 29 heavy (non-hydrogen) atoms. The smallest absolute Gasteiger partial charge is 0.358 e. The van der Waals surface area contributed by atoms with Gasteiger partial charge >= 0.3 is 13.6 Å². The van der Waals surface area contributed by atoms with E-state index in [1.54, 1.807) is 6.08 Å². The molecular weight excluding hydrogens is 415 g/mol. The molecule has 0 aliphatic heterocycles. The lowest BCUT2D eigenvalue weighted by atomic mass is 10.1. The summed E-state index contributed by atoms with van der Waals surface area (Å²) in [6.45, 7) is 2.11. The minimum atomic E-state index is -3.57. The molecule has 8 heteroatoms. The molecule has 0 N–H and O–H groups in total. The molecule has 0 spiro atoms. The van der Waals surface area contributed by atoms with Gasteiger partial charge in [0.15, 0.2) is 5.78 Å². The number of ether oxygens (including phenoxy) is 1. The van der Waals surface area contributed by atoms with E-state index in [-0.39, 0.29) is 17.1 Å². The van der Waals surface area contributed by atoms with E-state index in [2.05, 4.69) is 11.7 Å². The van der Waals surface area contributed by atoms with Crippen molar-refractivity contribution in [2.24, 2.45) is 0 Å². The molecule has 0 amide bonds. The highest BCUT2D eigenvalue weighted by atomic mass is 35.5. The lowest BCUT2D eigenvalue weighted by molar-refractivity contribution is -0.140. The predicted octanol–water partition coefficient (Wildman–Crippen LogP) is 6.41. The number of rotatable bonds is 18. The first-order valence-corrected chi connectivity index (χ1v) is 12.5. The molecule has 1 unspecified atom stereocenters. The zero-order valence-electron chi connectivity index (χ0n) is 18.4. The average molecular weight is 453 g/mol. The minimum Gasteiger partial charge on any atom is -0.469 e. The normalized spacial score (nSPS) is 13.3. The molecule has 0 radical (unpaired) electrons. The van der Waals surface area contributed by atoms with E-state index in [9.17, 15) is 14.2 Å². The fourth-order valence-corrected chi connectivity index (χ4v) is 4.85. The van der Waals surface area contributed by atoms with Crippen molar-refractivity contribution >= 4 is 30.9 Å². The van der Waals surface area contributed by atoms with E-state index in [0.29, 0.717) is 19.3 Å². The van der Waals surface area contributed by atoms with Gasteiger partial charge in [0.25, 0.3) is 0 Å². The Balaban J connectivity index is 4.66. The van der Waals surface area contributed by atoms with Crippen molar-refractivity contribution in [3.63, 3.8) is 0 Å². The predicted molar refractivity (Wildman–Crippen MR) is 117 cm³/mol. The highest BCUT2D eigenvalue weighted by Gasteiger charge is 2.35. The standard InChI is InChI=1S/C21H38ClO6P/c1-5-6-7-12-15-18(23)21(22)19(29(25,27-3)28-4)16-13-10-8-9-11-14-17-20(24)26-2/h16,21H,5-15,17H2,1-4H3/b19-16+. The Labute approximate surface area is 181 Å². The summed E-state index contributed by atoms with van der Waals surface area (Å²) in [5.41, 5.74) is 0. The van der Waals surface area contributed by atoms with Gasteiger partial charge < -0.3 is 13.8 Å². The van der Waals surface area contributed by atoms with Gasteiger partial charge in [0, 0.05) is 27.1 Å². The van der Waals surface area contributed by atoms with Gasteiger partial charge in [0.1, 0.15) is 5.38 Å². The summed E-state index contributed by atoms with van der Waals surface area (Å²) < 4.78 is 27.7. The van der Waals surface area contributed by atoms with Crippen LogP contribution in [0.4, 0.5) is 0 Å². The summed E-state index contributed by atoms with van der Waals surface area (Å²) in [6, 6.07) is 0. The van der Waals surface area contributed by atoms with Crippen LogP contribution in [0.5, 0.6) is 0 Å². The summed E-state index contributed by atoms with van der Waals surface area (Å²) in [5.74, 6) is -0.328. The first-order chi connectivity index (χ1) is 13.9. The fraction of sp³-hybridized carbons (Fsp3) is 0.810. The van der Waals surface area contributed by atoms with Gasteiger partial charge in [-0.2, -0.15) is 0 Å². The number of alkyl halides is 1. The van der Waals surface area contributed by atoms with Crippen LogP contribution in [0.3, 0.4) is 0 Å². The largest absolute Gasteiger partial charge is 0.469 e. The van der Waals surface area contributed by atoms with Crippen LogP contribution in [0.25, 0.3) is 0 Å². The van der Waals surface area contributed by atoms with Crippen LogP contribution in [-0.4, -0.2) is 38.5 Å². The molecule has 0 aliphatic carbocycles. The molecular formula is C21H38ClO6P. The van der Waals surface area contributed by atoms with Crippen molar-refractivity contribution in [2.75, 3.05) is 21.3 Å². The minimum absolute atomic E-state index is 0.147. The number of carbonyl (C=O) groups excluding carboxylic acids is 2. The number of methoxy groups -OCH3 is 1. The molecule has 0 saturated carbocycles. The second-order valence-corrected chi connectivity index (χ2v) is 9.69. The van der Waals surface area contributed by atoms with Crippen LogP contribution < -0.4 is 0 Å². The molecule has 0 aromatic rings. The van der Waals surface area contributed by atoms with Crippen LogP contribution in [0.15, 0.2) is 11.4 Å². The van der Waals surface area contributed by atoms with E-state index in [0.717, 1.165) is 57.8 Å². The zero-order chi connectivity index (χ0) is 22.1. The average Bonchev–Trinajstić information content (AvgIpc) is 2.74. The quantitative estimate of drug-likeness (QED) is 0.103. The van der Waals surface area contributed by atoms with Crippen molar-refractivity contribution in [1.29, 1.82) is 0 Å². The van der Waals surface area contributed by atoms with E-state index in [4.69, 9.17) is 20.6 Å². The monoisotopic (exact) mass is 452 g/mol. The third kappa shape index (κ3) is 11.9. The van der Waals surface area contributed by atoms with E-state index in [1.165, 1.54) is 21.3 Å². The second-order valence-electron chi connectivity index (χ2n) is 7.01. The third-order valence-corrected chi connectivity index (χ3v) is 7.45. The van der Waals surface area contributed by atoms with Crippen LogP contribution in [-0.2, 0) is 27.9 Å². The number of hydrogen-bond donors (Lipinski definition) is 0. The maximum Gasteiger partial charge on any atom is 0.358 e. The molecule has 0 aromatic heterocycles. The van der Waals surface area contributed by atoms with Crippen molar-refractivity contribution in [1.82, 2.24) is 0 Å². The Morgan fingerprint density at radius 1 is 0.897 bits per heavy atom. The lowest BCUT2D eigenvalue weighted by Gasteiger charge is -2.21. The van der Waals surface area contributed by atoms with Crippen LogP contribution in [0.2, 0.25) is 0 Å². The van der Waals surface area contributed by atoms with Crippen molar-refractivity contribution in [3.8, 4) is 0 Å². The topological polar surface area (TPSA) is 78.9 Å². The van der Waals surface area contributed by atoms with Gasteiger partial charge in [-0.3, -0.25) is 14.2 Å². The summed E-state index contributed by atoms with van der Waals surface area (Å²) in [4.78, 5) is 23.5. The Kier molecular flexibility index (Phi) is 16.6. The Morgan fingerprint density at radius 3 is 2.03 bits per heavy atom. The van der Waals surface area contributed by atoms with Gasteiger partial charge in [0.05, 0.1) is 12.4 Å². The summed E-state index contributed by atoms with van der Waals surface area (Å²) in [5, 5.41) is -0.752. The Hall–Kier alpha value is -0.680. The van der Waals surface area contributed by atoms with Gasteiger partial charge in [-0.15, -0.1) is 11.6 Å². The molecule has 0 bridgehead atoms. The van der Waals surface area contributed by atoms with Gasteiger partial charge in [-0.1, -0.05) is 51.5 Å². The number of carbonyl (C=O) groups is 2. The summed E-state index contributed by atoms with van der Waals surface area (Å²) in [6.07, 6.45) is 11.7. The molecule has 1 atom stereocenters. The molecule has 0 rings (SSSR count). The van der Waals surface area contributed by atoms with Crippen LogP contribution in [0, 0.1) is 0 Å². The maximum absolute atomic E-state index is 12.9. The SMILES string of the molecule is CCCCCCC(=O)C(Cl)/C(=C\CCCCCCCC(=O)OC)P(=O)(OC)OC. The van der Waals surface area contributed by atoms with Gasteiger partial charge in [0.2, 0.25) is 0 Å². The second kappa shape index (κ2) is 17.0. The number of halogens is 1. The zero-order valence-corrected chi connectivity index (χ0v) is 20.1. The third-order valence-electron chi connectivity index (χ3n) is 4.78. The van der Waals surface area contributed by atoms with E-state index < -0.39 is 13.0 Å². The molecule has 0 aliphatic rings. The highest BCUT2D eigenvalue weighted by molar-refractivity contribution is 7.58. The molecule has 0 saturated heterocycles. The highest BCUT2D eigenvalue weighted by Crippen LogP contribution is 2.57. The molecule has 0 aromatic carbocycles. The number of ketones is 1. The molecule has 6 nitrogen and oxygen atoms in total. The van der Waals surface area contributed by atoms with Crippen molar-refractivity contribution in [3.05, 3.63) is 11.4 Å². The van der Waals surface area contributed by atoms with Gasteiger partial charge in [-0.25, -0.2) is 0 Å². The molecule has 170 valence electrons. The molecule has 0 heterocycles. The number of esters is 1. The summed E-state index contributed by atoms with van der Waals surface area (Å²) >= 11 is 6.38. The number of unbranched alkanes of at least 4 members (excludes halogenated alkanes) is 8. The first-order valence-electron chi connectivity index (χ1n) is 10.5. The van der Waals surface area contributed by atoms with Crippen LogP contribution >= 0.6 is 19.2 Å². The summed E-state index contributed by atoms with van der Waals surface area (Å²) in [7, 11) is 0.425. The maximum atomic E-state index is 12.9. The van der Waals surface area contributed by atoms with Crippen molar-refractivity contribution < 1.29 is 27.9 Å².